The predicted octanol–water partition coefficient (Wildman–Crippen LogP) is 3.56. The quantitative estimate of drug-likeness (QED) is 0.673. The van der Waals surface area contributed by atoms with Crippen molar-refractivity contribution in [1.29, 1.82) is 0 Å². The first-order valence-corrected chi connectivity index (χ1v) is 10.4. The van der Waals surface area contributed by atoms with Gasteiger partial charge in [-0.3, -0.25) is 9.59 Å². The largest absolute Gasteiger partial charge is 0.458 e. The van der Waals surface area contributed by atoms with Crippen LogP contribution in [0.3, 0.4) is 0 Å². The Morgan fingerprint density at radius 3 is 2.62 bits per heavy atom. The van der Waals surface area contributed by atoms with Crippen molar-refractivity contribution < 1.29 is 19.4 Å². The standard InChI is InChI=1S/C22H30O4/c1-20-8-5-14(23)11-13(20)3-4-15-16-6-9-22(10-7-18(25)26-22)21(16,2)12-17(24)19(15)20/h11,15-17,19,24H,3-10,12H2,1-2H3. The zero-order valence-electron chi connectivity index (χ0n) is 15.9. The Labute approximate surface area is 155 Å². The Hall–Kier alpha value is -1.16. The van der Waals surface area contributed by atoms with E-state index in [2.05, 4.69) is 13.8 Å². The number of rotatable bonds is 0. The van der Waals surface area contributed by atoms with Crippen molar-refractivity contribution in [2.75, 3.05) is 0 Å². The molecule has 4 nitrogen and oxygen atoms in total. The number of aliphatic hydroxyl groups excluding tert-OH is 1. The van der Waals surface area contributed by atoms with E-state index >= 15 is 0 Å². The molecule has 0 radical (unpaired) electrons. The van der Waals surface area contributed by atoms with Crippen LogP contribution in [0.4, 0.5) is 0 Å². The average Bonchev–Trinajstić information content (AvgIpc) is 3.09. The van der Waals surface area contributed by atoms with Gasteiger partial charge >= 0.3 is 5.97 Å². The summed E-state index contributed by atoms with van der Waals surface area (Å²) in [5.41, 5.74) is 0.777. The number of ether oxygens (including phenoxy) is 1. The molecule has 3 saturated carbocycles. The minimum atomic E-state index is -0.377. The van der Waals surface area contributed by atoms with Gasteiger partial charge in [0, 0.05) is 18.3 Å². The summed E-state index contributed by atoms with van der Waals surface area (Å²) in [6.07, 6.45) is 9.16. The number of fused-ring (bicyclic) bond motifs is 6. The Balaban J connectivity index is 1.53. The molecule has 142 valence electrons. The van der Waals surface area contributed by atoms with Gasteiger partial charge in [0.25, 0.3) is 0 Å². The first kappa shape index (κ1) is 17.0. The minimum Gasteiger partial charge on any atom is -0.458 e. The van der Waals surface area contributed by atoms with E-state index in [-0.39, 0.29) is 40.2 Å². The Kier molecular flexibility index (Phi) is 3.40. The van der Waals surface area contributed by atoms with E-state index in [4.69, 9.17) is 4.74 Å². The topological polar surface area (TPSA) is 63.6 Å². The van der Waals surface area contributed by atoms with Crippen molar-refractivity contribution in [1.82, 2.24) is 0 Å². The van der Waals surface area contributed by atoms with E-state index in [1.54, 1.807) is 0 Å². The molecule has 4 heteroatoms. The van der Waals surface area contributed by atoms with Gasteiger partial charge in [-0.25, -0.2) is 0 Å². The van der Waals surface area contributed by atoms with Crippen LogP contribution in [0.1, 0.15) is 71.6 Å². The summed E-state index contributed by atoms with van der Waals surface area (Å²) < 4.78 is 5.95. The predicted molar refractivity (Wildman–Crippen MR) is 96.2 cm³/mol. The van der Waals surface area contributed by atoms with Gasteiger partial charge in [-0.05, 0) is 74.2 Å². The molecule has 26 heavy (non-hydrogen) atoms. The molecule has 0 aromatic carbocycles. The number of aliphatic hydroxyl groups is 1. The Bertz CT molecular complexity index is 711. The minimum absolute atomic E-state index is 0.0420. The second-order valence-electron chi connectivity index (χ2n) is 10.1. The molecular formula is C22H30O4. The third-order valence-corrected chi connectivity index (χ3v) is 9.23. The van der Waals surface area contributed by atoms with Gasteiger partial charge in [-0.15, -0.1) is 0 Å². The third kappa shape index (κ3) is 1.95. The maximum Gasteiger partial charge on any atom is 0.306 e. The number of esters is 1. The van der Waals surface area contributed by atoms with E-state index in [1.165, 1.54) is 5.57 Å². The summed E-state index contributed by atoms with van der Waals surface area (Å²) >= 11 is 0. The zero-order chi connectivity index (χ0) is 18.3. The lowest BCUT2D eigenvalue weighted by molar-refractivity contribution is -0.184. The van der Waals surface area contributed by atoms with Gasteiger partial charge in [0.05, 0.1) is 6.10 Å². The van der Waals surface area contributed by atoms with Crippen LogP contribution < -0.4 is 0 Å². The monoisotopic (exact) mass is 358 g/mol. The molecule has 5 aliphatic rings. The van der Waals surface area contributed by atoms with Crippen LogP contribution in [-0.2, 0) is 14.3 Å². The first-order chi connectivity index (χ1) is 12.3. The fourth-order valence-electron chi connectivity index (χ4n) is 7.97. The highest BCUT2D eigenvalue weighted by Gasteiger charge is 2.68. The van der Waals surface area contributed by atoms with Gasteiger partial charge in [-0.1, -0.05) is 19.4 Å². The molecule has 1 saturated heterocycles. The van der Waals surface area contributed by atoms with Crippen LogP contribution in [-0.4, -0.2) is 28.6 Å². The highest BCUT2D eigenvalue weighted by Crippen LogP contribution is 2.69. The van der Waals surface area contributed by atoms with Crippen LogP contribution in [0.5, 0.6) is 0 Å². The smallest absolute Gasteiger partial charge is 0.306 e. The molecule has 4 fully saturated rings. The van der Waals surface area contributed by atoms with Crippen molar-refractivity contribution in [2.24, 2.45) is 28.6 Å². The van der Waals surface area contributed by atoms with Crippen LogP contribution in [0, 0.1) is 28.6 Å². The van der Waals surface area contributed by atoms with Crippen LogP contribution in [0.25, 0.3) is 0 Å². The van der Waals surface area contributed by atoms with Crippen molar-refractivity contribution in [3.63, 3.8) is 0 Å². The second kappa shape index (κ2) is 5.21. The average molecular weight is 358 g/mol. The molecule has 0 amide bonds. The van der Waals surface area contributed by atoms with Crippen LogP contribution in [0.15, 0.2) is 11.6 Å². The number of allylic oxidation sites excluding steroid dienone is 1. The molecule has 5 rings (SSSR count). The second-order valence-corrected chi connectivity index (χ2v) is 10.1. The van der Waals surface area contributed by atoms with Crippen molar-refractivity contribution in [3.05, 3.63) is 11.6 Å². The van der Waals surface area contributed by atoms with E-state index in [1.807, 2.05) is 6.08 Å². The molecule has 1 heterocycles. The molecule has 7 unspecified atom stereocenters. The maximum atomic E-state index is 11.9. The summed E-state index contributed by atoms with van der Waals surface area (Å²) in [6.45, 7) is 4.56. The van der Waals surface area contributed by atoms with Crippen molar-refractivity contribution >= 4 is 11.8 Å². The molecule has 1 aliphatic heterocycles. The molecule has 7 atom stereocenters. The zero-order valence-corrected chi connectivity index (χ0v) is 15.9. The maximum absolute atomic E-state index is 11.9. The molecule has 0 aromatic heterocycles. The number of ketones is 1. The molecule has 1 N–H and O–H groups in total. The molecule has 0 aromatic rings. The fraction of sp³-hybridized carbons (Fsp3) is 0.818. The lowest BCUT2D eigenvalue weighted by atomic mass is 9.45. The number of carbonyl (C=O) groups excluding carboxylic acids is 2. The lowest BCUT2D eigenvalue weighted by Gasteiger charge is -2.60. The Morgan fingerprint density at radius 1 is 1.08 bits per heavy atom. The molecule has 0 bridgehead atoms. The van der Waals surface area contributed by atoms with Gasteiger partial charge in [-0.2, -0.15) is 0 Å². The summed E-state index contributed by atoms with van der Waals surface area (Å²) in [7, 11) is 0. The normalized spacial score (nSPS) is 53.0. The van der Waals surface area contributed by atoms with E-state index in [0.29, 0.717) is 24.7 Å². The SMILES string of the molecule is CC12CCC(=O)C=C1CCC1C2C(O)CC2(C)C1CCC21CCC(=O)O1. The fourth-order valence-corrected chi connectivity index (χ4v) is 7.97. The van der Waals surface area contributed by atoms with Gasteiger partial charge in [0.1, 0.15) is 5.60 Å². The van der Waals surface area contributed by atoms with Crippen molar-refractivity contribution in [2.45, 2.75) is 83.3 Å². The molecule has 4 aliphatic carbocycles. The first-order valence-electron chi connectivity index (χ1n) is 10.4. The van der Waals surface area contributed by atoms with E-state index < -0.39 is 0 Å². The van der Waals surface area contributed by atoms with Gasteiger partial charge < -0.3 is 9.84 Å². The Morgan fingerprint density at radius 2 is 1.88 bits per heavy atom. The molecule has 1 spiro atoms. The van der Waals surface area contributed by atoms with E-state index in [9.17, 15) is 14.7 Å². The van der Waals surface area contributed by atoms with Crippen molar-refractivity contribution in [3.8, 4) is 0 Å². The molecular weight excluding hydrogens is 328 g/mol. The van der Waals surface area contributed by atoms with Gasteiger partial charge in [0.2, 0.25) is 0 Å². The van der Waals surface area contributed by atoms with Gasteiger partial charge in [0.15, 0.2) is 5.78 Å². The number of hydrogen-bond acceptors (Lipinski definition) is 4. The number of carbonyl (C=O) groups is 2. The summed E-state index contributed by atoms with van der Waals surface area (Å²) in [4.78, 5) is 23.9. The summed E-state index contributed by atoms with van der Waals surface area (Å²) in [5.74, 6) is 1.41. The third-order valence-electron chi connectivity index (χ3n) is 9.23. The van der Waals surface area contributed by atoms with E-state index in [0.717, 1.165) is 44.9 Å². The lowest BCUT2D eigenvalue weighted by Crippen LogP contribution is -2.59. The summed E-state index contributed by atoms with van der Waals surface area (Å²) in [6, 6.07) is 0. The highest BCUT2D eigenvalue weighted by molar-refractivity contribution is 5.91. The summed E-state index contributed by atoms with van der Waals surface area (Å²) in [5, 5.41) is 11.3. The number of hydrogen-bond donors (Lipinski definition) is 1. The van der Waals surface area contributed by atoms with Crippen LogP contribution in [0.2, 0.25) is 0 Å². The highest BCUT2D eigenvalue weighted by atomic mass is 16.6. The van der Waals surface area contributed by atoms with Crippen LogP contribution >= 0.6 is 0 Å².